The van der Waals surface area contributed by atoms with Crippen LogP contribution >= 0.6 is 0 Å². The summed E-state index contributed by atoms with van der Waals surface area (Å²) in [4.78, 5) is 0. The van der Waals surface area contributed by atoms with E-state index >= 15 is 0 Å². The van der Waals surface area contributed by atoms with Gasteiger partial charge in [0.05, 0.1) is 12.3 Å². The Bertz CT molecular complexity index is 445. The highest BCUT2D eigenvalue weighted by atomic mass is 19.1. The first kappa shape index (κ1) is 9.70. The van der Waals surface area contributed by atoms with E-state index in [9.17, 15) is 4.39 Å². The van der Waals surface area contributed by atoms with Crippen molar-refractivity contribution in [3.8, 4) is 0 Å². The van der Waals surface area contributed by atoms with E-state index in [1.807, 2.05) is 6.07 Å². The molecule has 0 aliphatic carbocycles. The topological polar surface area (TPSA) is 21.3 Å². The molecular weight excluding hydrogens is 205 g/mol. The highest BCUT2D eigenvalue weighted by Crippen LogP contribution is 2.31. The lowest BCUT2D eigenvalue weighted by molar-refractivity contribution is 0.266. The minimum absolute atomic E-state index is 0.194. The van der Waals surface area contributed by atoms with Gasteiger partial charge in [-0.3, -0.25) is 0 Å². The first-order chi connectivity index (χ1) is 7.84. The number of ether oxygens (including phenoxy) is 1. The quantitative estimate of drug-likeness (QED) is 0.723. The first-order valence-corrected chi connectivity index (χ1v) is 5.73. The minimum Gasteiger partial charge on any atom is -0.491 e. The van der Waals surface area contributed by atoms with Gasteiger partial charge in [0.15, 0.2) is 0 Å². The van der Waals surface area contributed by atoms with Crippen LogP contribution in [0.15, 0.2) is 23.9 Å². The summed E-state index contributed by atoms with van der Waals surface area (Å²) in [5, 5.41) is 3.32. The average Bonchev–Trinajstić information content (AvgIpc) is 2.81. The molecule has 3 rings (SSSR count). The van der Waals surface area contributed by atoms with Crippen molar-refractivity contribution in [1.29, 1.82) is 0 Å². The molecule has 0 spiro atoms. The molecule has 2 aliphatic rings. The summed E-state index contributed by atoms with van der Waals surface area (Å²) in [5.41, 5.74) is 3.24. The molecule has 2 heterocycles. The van der Waals surface area contributed by atoms with Crippen LogP contribution in [-0.4, -0.2) is 13.2 Å². The van der Waals surface area contributed by atoms with E-state index in [1.165, 1.54) is 11.6 Å². The van der Waals surface area contributed by atoms with Crippen molar-refractivity contribution in [2.75, 3.05) is 13.2 Å². The Morgan fingerprint density at radius 3 is 3.00 bits per heavy atom. The second kappa shape index (κ2) is 3.81. The Morgan fingerprint density at radius 2 is 2.19 bits per heavy atom. The second-order valence-corrected chi connectivity index (χ2v) is 4.24. The van der Waals surface area contributed by atoms with E-state index in [4.69, 9.17) is 4.74 Å². The highest BCUT2D eigenvalue weighted by Gasteiger charge is 2.21. The molecule has 1 fully saturated rings. The zero-order chi connectivity index (χ0) is 11.0. The SMILES string of the molecule is Fc1ccc2c(c1)/C(=C1\CCCN1)OCC2. The Kier molecular flexibility index (Phi) is 2.31. The van der Waals surface area contributed by atoms with Gasteiger partial charge in [0.2, 0.25) is 0 Å². The van der Waals surface area contributed by atoms with Crippen LogP contribution in [-0.2, 0) is 11.2 Å². The third-order valence-electron chi connectivity index (χ3n) is 3.15. The van der Waals surface area contributed by atoms with Gasteiger partial charge < -0.3 is 10.1 Å². The zero-order valence-electron chi connectivity index (χ0n) is 9.05. The number of rotatable bonds is 0. The maximum atomic E-state index is 13.3. The molecule has 0 atom stereocenters. The number of hydrogen-bond donors (Lipinski definition) is 1. The van der Waals surface area contributed by atoms with Gasteiger partial charge in [-0.15, -0.1) is 0 Å². The Balaban J connectivity index is 2.11. The number of hydrogen-bond acceptors (Lipinski definition) is 2. The largest absolute Gasteiger partial charge is 0.491 e. The fraction of sp³-hybridized carbons (Fsp3) is 0.385. The minimum atomic E-state index is -0.194. The van der Waals surface area contributed by atoms with E-state index in [1.54, 1.807) is 6.07 Å². The highest BCUT2D eigenvalue weighted by molar-refractivity contribution is 5.67. The van der Waals surface area contributed by atoms with Gasteiger partial charge in [0.1, 0.15) is 11.6 Å². The Labute approximate surface area is 94.1 Å². The van der Waals surface area contributed by atoms with Crippen molar-refractivity contribution in [2.45, 2.75) is 19.3 Å². The van der Waals surface area contributed by atoms with Crippen LogP contribution in [0.1, 0.15) is 24.0 Å². The van der Waals surface area contributed by atoms with Crippen molar-refractivity contribution in [3.05, 3.63) is 40.8 Å². The third-order valence-corrected chi connectivity index (χ3v) is 3.15. The molecule has 0 aromatic heterocycles. The summed E-state index contributed by atoms with van der Waals surface area (Å²) in [5.74, 6) is 0.665. The van der Waals surface area contributed by atoms with Gasteiger partial charge >= 0.3 is 0 Å². The van der Waals surface area contributed by atoms with Crippen LogP contribution in [0.4, 0.5) is 4.39 Å². The molecular formula is C13H14FNO. The third kappa shape index (κ3) is 1.56. The monoisotopic (exact) mass is 219 g/mol. The fourth-order valence-electron chi connectivity index (χ4n) is 2.36. The van der Waals surface area contributed by atoms with Gasteiger partial charge in [-0.1, -0.05) is 6.07 Å². The number of fused-ring (bicyclic) bond motifs is 1. The van der Waals surface area contributed by atoms with Crippen molar-refractivity contribution < 1.29 is 9.13 Å². The summed E-state index contributed by atoms with van der Waals surface area (Å²) in [6, 6.07) is 4.97. The van der Waals surface area contributed by atoms with Crippen LogP contribution in [0.5, 0.6) is 0 Å². The van der Waals surface area contributed by atoms with E-state index in [0.29, 0.717) is 6.61 Å². The Morgan fingerprint density at radius 1 is 1.25 bits per heavy atom. The van der Waals surface area contributed by atoms with Gasteiger partial charge in [0.25, 0.3) is 0 Å². The van der Waals surface area contributed by atoms with E-state index in [2.05, 4.69) is 5.32 Å². The lowest BCUT2D eigenvalue weighted by Crippen LogP contribution is -2.15. The van der Waals surface area contributed by atoms with Crippen LogP contribution < -0.4 is 5.32 Å². The molecule has 0 amide bonds. The van der Waals surface area contributed by atoms with Crippen LogP contribution in [0.25, 0.3) is 5.76 Å². The van der Waals surface area contributed by atoms with Crippen LogP contribution in [0.2, 0.25) is 0 Å². The predicted molar refractivity (Wildman–Crippen MR) is 60.2 cm³/mol. The van der Waals surface area contributed by atoms with Gasteiger partial charge in [-0.05, 0) is 30.5 Å². The maximum absolute atomic E-state index is 13.3. The second-order valence-electron chi connectivity index (χ2n) is 4.24. The smallest absolute Gasteiger partial charge is 0.145 e. The van der Waals surface area contributed by atoms with Gasteiger partial charge in [-0.2, -0.15) is 0 Å². The lowest BCUT2D eigenvalue weighted by Gasteiger charge is -2.22. The normalized spacial score (nSPS) is 23.6. The molecule has 0 radical (unpaired) electrons. The molecule has 84 valence electrons. The molecule has 0 saturated carbocycles. The summed E-state index contributed by atoms with van der Waals surface area (Å²) in [6.45, 7) is 1.69. The van der Waals surface area contributed by atoms with E-state index in [0.717, 1.165) is 42.8 Å². The van der Waals surface area contributed by atoms with Gasteiger partial charge in [-0.25, -0.2) is 4.39 Å². The summed E-state index contributed by atoms with van der Waals surface area (Å²) >= 11 is 0. The summed E-state index contributed by atoms with van der Waals surface area (Å²) in [7, 11) is 0. The molecule has 3 heteroatoms. The summed E-state index contributed by atoms with van der Waals surface area (Å²) < 4.78 is 19.0. The molecule has 16 heavy (non-hydrogen) atoms. The summed E-state index contributed by atoms with van der Waals surface area (Å²) in [6.07, 6.45) is 3.00. The van der Waals surface area contributed by atoms with Crippen LogP contribution in [0.3, 0.4) is 0 Å². The molecule has 2 aliphatic heterocycles. The molecule has 1 aromatic carbocycles. The van der Waals surface area contributed by atoms with Crippen LogP contribution in [0, 0.1) is 5.82 Å². The first-order valence-electron chi connectivity index (χ1n) is 5.73. The zero-order valence-corrected chi connectivity index (χ0v) is 9.05. The Hall–Kier alpha value is -1.51. The molecule has 1 saturated heterocycles. The van der Waals surface area contributed by atoms with E-state index in [-0.39, 0.29) is 5.82 Å². The number of halogens is 1. The van der Waals surface area contributed by atoms with Crippen molar-refractivity contribution >= 4 is 5.76 Å². The molecule has 0 bridgehead atoms. The van der Waals surface area contributed by atoms with E-state index < -0.39 is 0 Å². The maximum Gasteiger partial charge on any atom is 0.145 e. The van der Waals surface area contributed by atoms with Gasteiger partial charge in [0, 0.05) is 18.5 Å². The molecule has 2 nitrogen and oxygen atoms in total. The van der Waals surface area contributed by atoms with Crippen molar-refractivity contribution in [3.63, 3.8) is 0 Å². The molecule has 1 aromatic rings. The lowest BCUT2D eigenvalue weighted by atomic mass is 9.99. The fourth-order valence-corrected chi connectivity index (χ4v) is 2.36. The molecule has 0 unspecified atom stereocenters. The van der Waals surface area contributed by atoms with Crippen molar-refractivity contribution in [2.24, 2.45) is 0 Å². The number of benzene rings is 1. The number of nitrogens with one attached hydrogen (secondary N) is 1. The number of allylic oxidation sites excluding steroid dienone is 1. The standard InChI is InChI=1S/C13H14FNO/c14-10-4-3-9-5-7-16-13(11(9)8-10)12-2-1-6-15-12/h3-4,8,15H,1-2,5-7H2/b13-12-. The molecule has 1 N–H and O–H groups in total. The predicted octanol–water partition coefficient (Wildman–Crippen LogP) is 2.45. The average molecular weight is 219 g/mol. The van der Waals surface area contributed by atoms with Crippen molar-refractivity contribution in [1.82, 2.24) is 5.32 Å².